The first-order valence-corrected chi connectivity index (χ1v) is 8.36. The fourth-order valence-electron chi connectivity index (χ4n) is 3.30. The molecule has 0 aromatic carbocycles. The molecule has 0 radical (unpaired) electrons. The van der Waals surface area contributed by atoms with Crippen molar-refractivity contribution in [3.8, 4) is 0 Å². The largest absolute Gasteiger partial charge is 0.471 e. The molecular formula is C16H24F3N3O3. The molecule has 3 amide bonds. The SMILES string of the molecule is CC(C)(C)N1CC(C(=O)N2CCCN(C(=O)C(F)(F)F)CC2)CC1=O. The number of hydrogen-bond acceptors (Lipinski definition) is 3. The van der Waals surface area contributed by atoms with Gasteiger partial charge in [0.05, 0.1) is 5.92 Å². The lowest BCUT2D eigenvalue weighted by molar-refractivity contribution is -0.185. The van der Waals surface area contributed by atoms with Gasteiger partial charge in [-0.1, -0.05) is 0 Å². The van der Waals surface area contributed by atoms with Crippen molar-refractivity contribution < 1.29 is 27.6 Å². The Hall–Kier alpha value is -1.80. The molecule has 0 saturated carbocycles. The van der Waals surface area contributed by atoms with E-state index in [0.29, 0.717) is 13.1 Å². The predicted octanol–water partition coefficient (Wildman–Crippen LogP) is 1.26. The number of amides is 3. The van der Waals surface area contributed by atoms with Crippen LogP contribution in [0.5, 0.6) is 0 Å². The topological polar surface area (TPSA) is 60.9 Å². The van der Waals surface area contributed by atoms with Gasteiger partial charge in [0.2, 0.25) is 11.8 Å². The summed E-state index contributed by atoms with van der Waals surface area (Å²) in [6, 6.07) is 0. The third-order valence-electron chi connectivity index (χ3n) is 4.62. The number of halogens is 3. The lowest BCUT2D eigenvalue weighted by Crippen LogP contribution is -2.45. The summed E-state index contributed by atoms with van der Waals surface area (Å²) < 4.78 is 37.7. The van der Waals surface area contributed by atoms with Gasteiger partial charge in [0.1, 0.15) is 0 Å². The highest BCUT2D eigenvalue weighted by atomic mass is 19.4. The fourth-order valence-corrected chi connectivity index (χ4v) is 3.30. The number of nitrogens with zero attached hydrogens (tertiary/aromatic N) is 3. The number of hydrogen-bond donors (Lipinski definition) is 0. The minimum Gasteiger partial charge on any atom is -0.341 e. The Morgan fingerprint density at radius 1 is 1.00 bits per heavy atom. The van der Waals surface area contributed by atoms with Crippen LogP contribution in [0.4, 0.5) is 13.2 Å². The van der Waals surface area contributed by atoms with E-state index in [4.69, 9.17) is 0 Å². The van der Waals surface area contributed by atoms with Crippen LogP contribution >= 0.6 is 0 Å². The molecule has 2 aliphatic heterocycles. The molecule has 2 fully saturated rings. The lowest BCUT2D eigenvalue weighted by atomic mass is 10.1. The molecule has 9 heteroatoms. The molecule has 1 unspecified atom stereocenters. The molecule has 6 nitrogen and oxygen atoms in total. The Morgan fingerprint density at radius 3 is 2.08 bits per heavy atom. The van der Waals surface area contributed by atoms with Crippen molar-refractivity contribution in [3.05, 3.63) is 0 Å². The standard InChI is InChI=1S/C16H24F3N3O3/c1-15(2,3)22-10-11(9-12(22)23)13(24)20-5-4-6-21(8-7-20)14(25)16(17,18)19/h11H,4-10H2,1-3H3. The summed E-state index contributed by atoms with van der Waals surface area (Å²) in [6.07, 6.45) is -4.49. The van der Waals surface area contributed by atoms with Crippen LogP contribution in [0.15, 0.2) is 0 Å². The van der Waals surface area contributed by atoms with Crippen molar-refractivity contribution in [3.63, 3.8) is 0 Å². The van der Waals surface area contributed by atoms with E-state index < -0.39 is 18.0 Å². The molecule has 2 aliphatic rings. The van der Waals surface area contributed by atoms with Gasteiger partial charge in [0, 0.05) is 44.7 Å². The second-order valence-electron chi connectivity index (χ2n) is 7.55. The zero-order valence-electron chi connectivity index (χ0n) is 14.7. The van der Waals surface area contributed by atoms with E-state index in [1.54, 1.807) is 4.90 Å². The Labute approximate surface area is 144 Å². The summed E-state index contributed by atoms with van der Waals surface area (Å²) in [6.45, 7) is 6.18. The molecular weight excluding hydrogens is 339 g/mol. The third-order valence-corrected chi connectivity index (χ3v) is 4.62. The third kappa shape index (κ3) is 4.43. The molecule has 2 saturated heterocycles. The molecule has 2 heterocycles. The van der Waals surface area contributed by atoms with Gasteiger partial charge in [-0.3, -0.25) is 14.4 Å². The smallest absolute Gasteiger partial charge is 0.341 e. The summed E-state index contributed by atoms with van der Waals surface area (Å²) >= 11 is 0. The molecule has 0 N–H and O–H groups in total. The Kier molecular flexibility index (Phi) is 5.34. The Morgan fingerprint density at radius 2 is 1.56 bits per heavy atom. The molecule has 0 bridgehead atoms. The monoisotopic (exact) mass is 363 g/mol. The molecule has 1 atom stereocenters. The maximum atomic E-state index is 12.7. The maximum Gasteiger partial charge on any atom is 0.471 e. The molecule has 0 aromatic rings. The summed E-state index contributed by atoms with van der Waals surface area (Å²) in [4.78, 5) is 40.0. The van der Waals surface area contributed by atoms with E-state index in [0.717, 1.165) is 4.90 Å². The highest BCUT2D eigenvalue weighted by Crippen LogP contribution is 2.27. The molecule has 2 rings (SSSR count). The van der Waals surface area contributed by atoms with Crippen molar-refractivity contribution in [2.45, 2.75) is 45.3 Å². The van der Waals surface area contributed by atoms with Gasteiger partial charge in [0.25, 0.3) is 0 Å². The van der Waals surface area contributed by atoms with Gasteiger partial charge in [-0.15, -0.1) is 0 Å². The Bertz CT molecular complexity index is 557. The van der Waals surface area contributed by atoms with Crippen molar-refractivity contribution >= 4 is 17.7 Å². The van der Waals surface area contributed by atoms with Crippen molar-refractivity contribution in [2.75, 3.05) is 32.7 Å². The number of likely N-dealkylation sites (tertiary alicyclic amines) is 1. The normalized spacial score (nSPS) is 23.0. The van der Waals surface area contributed by atoms with Crippen LogP contribution in [0.2, 0.25) is 0 Å². The highest BCUT2D eigenvalue weighted by Gasteiger charge is 2.44. The van der Waals surface area contributed by atoms with E-state index in [1.165, 1.54) is 4.90 Å². The number of carbonyl (C=O) groups is 3. The molecule has 25 heavy (non-hydrogen) atoms. The summed E-state index contributed by atoms with van der Waals surface area (Å²) in [7, 11) is 0. The van der Waals surface area contributed by atoms with Crippen LogP contribution in [0.25, 0.3) is 0 Å². The van der Waals surface area contributed by atoms with Gasteiger partial charge < -0.3 is 14.7 Å². The van der Waals surface area contributed by atoms with E-state index in [1.807, 2.05) is 20.8 Å². The first kappa shape index (κ1) is 19.5. The highest BCUT2D eigenvalue weighted by molar-refractivity contribution is 5.89. The fraction of sp³-hybridized carbons (Fsp3) is 0.812. The van der Waals surface area contributed by atoms with Crippen molar-refractivity contribution in [1.29, 1.82) is 0 Å². The summed E-state index contributed by atoms with van der Waals surface area (Å²) in [5.74, 6) is -2.65. The molecule has 0 aromatic heterocycles. The van der Waals surface area contributed by atoms with Gasteiger partial charge in [-0.05, 0) is 27.2 Å². The molecule has 0 aliphatic carbocycles. The van der Waals surface area contributed by atoms with Crippen LogP contribution in [-0.4, -0.2) is 76.9 Å². The van der Waals surface area contributed by atoms with Crippen molar-refractivity contribution in [2.24, 2.45) is 5.92 Å². The van der Waals surface area contributed by atoms with Crippen LogP contribution in [0.3, 0.4) is 0 Å². The minimum atomic E-state index is -4.90. The van der Waals surface area contributed by atoms with E-state index in [-0.39, 0.29) is 49.8 Å². The minimum absolute atomic E-state index is 0.0279. The van der Waals surface area contributed by atoms with Gasteiger partial charge >= 0.3 is 12.1 Å². The first-order chi connectivity index (χ1) is 11.4. The van der Waals surface area contributed by atoms with Crippen molar-refractivity contribution in [1.82, 2.24) is 14.7 Å². The Balaban J connectivity index is 1.98. The zero-order valence-corrected chi connectivity index (χ0v) is 14.7. The number of carbonyl (C=O) groups excluding carboxylic acids is 3. The average Bonchev–Trinajstić information content (AvgIpc) is 2.73. The molecule has 0 spiro atoms. The van der Waals surface area contributed by atoms with E-state index in [2.05, 4.69) is 0 Å². The zero-order chi connectivity index (χ0) is 19.0. The summed E-state index contributed by atoms with van der Waals surface area (Å²) in [5.41, 5.74) is -0.374. The van der Waals surface area contributed by atoms with Gasteiger partial charge in [-0.25, -0.2) is 0 Å². The number of alkyl halides is 3. The van der Waals surface area contributed by atoms with Gasteiger partial charge in [0.15, 0.2) is 0 Å². The van der Waals surface area contributed by atoms with E-state index in [9.17, 15) is 27.6 Å². The van der Waals surface area contributed by atoms with Gasteiger partial charge in [-0.2, -0.15) is 13.2 Å². The maximum absolute atomic E-state index is 12.7. The van der Waals surface area contributed by atoms with Crippen LogP contribution in [0, 0.1) is 5.92 Å². The van der Waals surface area contributed by atoms with E-state index >= 15 is 0 Å². The second-order valence-corrected chi connectivity index (χ2v) is 7.55. The second kappa shape index (κ2) is 6.84. The first-order valence-electron chi connectivity index (χ1n) is 8.36. The van der Waals surface area contributed by atoms with Crippen LogP contribution in [0.1, 0.15) is 33.6 Å². The predicted molar refractivity (Wildman–Crippen MR) is 83.4 cm³/mol. The van der Waals surface area contributed by atoms with Crippen LogP contribution < -0.4 is 0 Å². The average molecular weight is 363 g/mol. The lowest BCUT2D eigenvalue weighted by Gasteiger charge is -2.32. The van der Waals surface area contributed by atoms with Crippen LogP contribution in [-0.2, 0) is 14.4 Å². The summed E-state index contributed by atoms with van der Waals surface area (Å²) in [5, 5.41) is 0. The quantitative estimate of drug-likeness (QED) is 0.705. The number of rotatable bonds is 1. The molecule has 142 valence electrons.